The van der Waals surface area contributed by atoms with E-state index in [1.807, 2.05) is 26.0 Å². The van der Waals surface area contributed by atoms with Crippen LogP contribution in [-0.4, -0.2) is 13.2 Å². The number of benzene rings is 1. The zero-order chi connectivity index (χ0) is 11.6. The molecule has 1 nitrogen and oxygen atoms in total. The van der Waals surface area contributed by atoms with Crippen LogP contribution in [0.4, 0.5) is 0 Å². The van der Waals surface area contributed by atoms with Gasteiger partial charge in [0.15, 0.2) is 0 Å². The van der Waals surface area contributed by atoms with E-state index in [1.54, 1.807) is 0 Å². The van der Waals surface area contributed by atoms with E-state index < -0.39 is 0 Å². The van der Waals surface area contributed by atoms with Crippen molar-refractivity contribution in [2.24, 2.45) is 0 Å². The second-order valence-electron chi connectivity index (χ2n) is 3.65. The monoisotopic (exact) mass is 216 g/mol. The summed E-state index contributed by atoms with van der Waals surface area (Å²) < 4.78 is 5.46. The Kier molecular flexibility index (Phi) is 6.28. The van der Waals surface area contributed by atoms with Crippen LogP contribution in [0.25, 0.3) is 0 Å². The van der Waals surface area contributed by atoms with Crippen molar-refractivity contribution in [2.75, 3.05) is 13.2 Å². The van der Waals surface area contributed by atoms with Crippen molar-refractivity contribution >= 4 is 0 Å². The predicted octanol–water partition coefficient (Wildman–Crippen LogP) is 3.77. The first-order chi connectivity index (χ1) is 7.86. The van der Waals surface area contributed by atoms with Crippen LogP contribution in [0.2, 0.25) is 0 Å². The summed E-state index contributed by atoms with van der Waals surface area (Å²) in [6.07, 6.45) is 7.21. The smallest absolute Gasteiger partial charge is 0.0682 e. The van der Waals surface area contributed by atoms with Gasteiger partial charge in [-0.25, -0.2) is 0 Å². The third-order valence-corrected chi connectivity index (χ3v) is 2.29. The van der Waals surface area contributed by atoms with E-state index in [4.69, 9.17) is 4.74 Å². The molecule has 0 atom stereocenters. The van der Waals surface area contributed by atoms with Crippen LogP contribution >= 0.6 is 0 Å². The minimum Gasteiger partial charge on any atom is -0.377 e. The number of hydrogen-bond acceptors (Lipinski definition) is 1. The van der Waals surface area contributed by atoms with Gasteiger partial charge in [-0.1, -0.05) is 48.6 Å². The second-order valence-corrected chi connectivity index (χ2v) is 3.65. The first-order valence-electron chi connectivity index (χ1n) is 5.79. The Balaban J connectivity index is 2.63. The molecule has 1 aromatic carbocycles. The number of hydrogen-bond donors (Lipinski definition) is 0. The average molecular weight is 216 g/mol. The Hall–Kier alpha value is -1.34. The van der Waals surface area contributed by atoms with Gasteiger partial charge in [0.2, 0.25) is 0 Å². The molecule has 1 aromatic rings. The van der Waals surface area contributed by atoms with Crippen LogP contribution in [-0.2, 0) is 11.2 Å². The molecule has 0 spiro atoms. The van der Waals surface area contributed by atoms with Crippen molar-refractivity contribution < 1.29 is 4.74 Å². The molecule has 0 aliphatic rings. The van der Waals surface area contributed by atoms with E-state index in [0.717, 1.165) is 19.6 Å². The van der Waals surface area contributed by atoms with Gasteiger partial charge < -0.3 is 4.74 Å². The summed E-state index contributed by atoms with van der Waals surface area (Å²) in [6.45, 7) is 5.53. The van der Waals surface area contributed by atoms with Gasteiger partial charge in [-0.15, -0.1) is 0 Å². The van der Waals surface area contributed by atoms with Crippen LogP contribution in [0.1, 0.15) is 19.4 Å². The summed E-state index contributed by atoms with van der Waals surface area (Å²) in [6, 6.07) is 10.5. The largest absolute Gasteiger partial charge is 0.377 e. The summed E-state index contributed by atoms with van der Waals surface area (Å²) in [5.74, 6) is 0. The normalized spacial score (nSPS) is 12.2. The Bertz CT molecular complexity index is 336. The molecule has 0 saturated carbocycles. The lowest BCUT2D eigenvalue weighted by Crippen LogP contribution is -2.01. The maximum atomic E-state index is 5.46. The second kappa shape index (κ2) is 7.89. The molecule has 0 N–H and O–H groups in total. The van der Waals surface area contributed by atoms with Crippen molar-refractivity contribution in [3.63, 3.8) is 0 Å². The molecule has 0 fully saturated rings. The van der Waals surface area contributed by atoms with Crippen molar-refractivity contribution in [1.29, 1.82) is 0 Å². The van der Waals surface area contributed by atoms with Crippen LogP contribution in [0.5, 0.6) is 0 Å². The van der Waals surface area contributed by atoms with Gasteiger partial charge in [-0.05, 0) is 31.4 Å². The van der Waals surface area contributed by atoms with E-state index in [9.17, 15) is 0 Å². The van der Waals surface area contributed by atoms with Gasteiger partial charge in [0.05, 0.1) is 6.61 Å². The topological polar surface area (TPSA) is 9.23 Å². The van der Waals surface area contributed by atoms with Gasteiger partial charge in [-0.3, -0.25) is 0 Å². The third-order valence-electron chi connectivity index (χ3n) is 2.29. The van der Waals surface area contributed by atoms with E-state index in [2.05, 4.69) is 36.4 Å². The highest BCUT2D eigenvalue weighted by atomic mass is 16.5. The van der Waals surface area contributed by atoms with Crippen LogP contribution in [0.15, 0.2) is 54.1 Å². The van der Waals surface area contributed by atoms with Crippen molar-refractivity contribution in [3.8, 4) is 0 Å². The minimum absolute atomic E-state index is 0.718. The molecular formula is C15H20O. The SMILES string of the molecule is C/C=C\C=C(\COCC)Cc1ccccc1. The molecule has 0 heterocycles. The molecule has 0 radical (unpaired) electrons. The lowest BCUT2D eigenvalue weighted by Gasteiger charge is -2.07. The molecule has 0 bridgehead atoms. The summed E-state index contributed by atoms with van der Waals surface area (Å²) in [4.78, 5) is 0. The average Bonchev–Trinajstić information content (AvgIpc) is 2.34. The highest BCUT2D eigenvalue weighted by molar-refractivity contribution is 5.24. The Morgan fingerprint density at radius 2 is 2.00 bits per heavy atom. The zero-order valence-electron chi connectivity index (χ0n) is 10.1. The summed E-state index contributed by atoms with van der Waals surface area (Å²) >= 11 is 0. The molecule has 0 saturated heterocycles. The number of rotatable bonds is 6. The molecule has 1 heteroatoms. The summed E-state index contributed by atoms with van der Waals surface area (Å²) in [5.41, 5.74) is 2.64. The molecule has 0 aromatic heterocycles. The lowest BCUT2D eigenvalue weighted by atomic mass is 10.1. The third kappa shape index (κ3) is 4.94. The summed E-state index contributed by atoms with van der Waals surface area (Å²) in [7, 11) is 0. The van der Waals surface area contributed by atoms with Gasteiger partial charge in [0.1, 0.15) is 0 Å². The predicted molar refractivity (Wildman–Crippen MR) is 69.5 cm³/mol. The van der Waals surface area contributed by atoms with Crippen molar-refractivity contribution in [1.82, 2.24) is 0 Å². The first kappa shape index (κ1) is 12.7. The highest BCUT2D eigenvalue weighted by Crippen LogP contribution is 2.08. The Labute approximate surface area is 98.5 Å². The first-order valence-corrected chi connectivity index (χ1v) is 5.79. The summed E-state index contributed by atoms with van der Waals surface area (Å²) in [5, 5.41) is 0. The zero-order valence-corrected chi connectivity index (χ0v) is 10.1. The van der Waals surface area contributed by atoms with E-state index in [-0.39, 0.29) is 0 Å². The van der Waals surface area contributed by atoms with Gasteiger partial charge in [0, 0.05) is 6.61 Å². The van der Waals surface area contributed by atoms with Crippen LogP contribution < -0.4 is 0 Å². The van der Waals surface area contributed by atoms with Crippen molar-refractivity contribution in [2.45, 2.75) is 20.3 Å². The fraction of sp³-hybridized carbons (Fsp3) is 0.333. The highest BCUT2D eigenvalue weighted by Gasteiger charge is 1.98. The van der Waals surface area contributed by atoms with Crippen molar-refractivity contribution in [3.05, 3.63) is 59.7 Å². The number of allylic oxidation sites excluding steroid dienone is 3. The Morgan fingerprint density at radius 1 is 1.25 bits per heavy atom. The standard InChI is InChI=1S/C15H20O/c1-3-5-9-15(13-16-4-2)12-14-10-7-6-8-11-14/h3,5-11H,4,12-13H2,1-2H3/b5-3-,15-9+. The van der Waals surface area contributed by atoms with Gasteiger partial charge in [-0.2, -0.15) is 0 Å². The Morgan fingerprint density at radius 3 is 2.62 bits per heavy atom. The van der Waals surface area contributed by atoms with Crippen LogP contribution in [0.3, 0.4) is 0 Å². The fourth-order valence-corrected chi connectivity index (χ4v) is 1.48. The molecule has 0 unspecified atom stereocenters. The quantitative estimate of drug-likeness (QED) is 0.658. The maximum Gasteiger partial charge on any atom is 0.0682 e. The molecule has 0 amide bonds. The van der Waals surface area contributed by atoms with Gasteiger partial charge in [0.25, 0.3) is 0 Å². The molecular weight excluding hydrogens is 196 g/mol. The molecule has 0 aliphatic carbocycles. The van der Waals surface area contributed by atoms with E-state index in [0.29, 0.717) is 0 Å². The molecule has 86 valence electrons. The van der Waals surface area contributed by atoms with E-state index >= 15 is 0 Å². The fourth-order valence-electron chi connectivity index (χ4n) is 1.48. The molecule has 16 heavy (non-hydrogen) atoms. The molecule has 1 rings (SSSR count). The van der Waals surface area contributed by atoms with Crippen LogP contribution in [0, 0.1) is 0 Å². The molecule has 0 aliphatic heterocycles. The lowest BCUT2D eigenvalue weighted by molar-refractivity contribution is 0.169. The van der Waals surface area contributed by atoms with E-state index in [1.165, 1.54) is 11.1 Å². The van der Waals surface area contributed by atoms with Gasteiger partial charge >= 0.3 is 0 Å². The number of ether oxygens (including phenoxy) is 1. The maximum absolute atomic E-state index is 5.46. The minimum atomic E-state index is 0.718.